The third-order valence-electron chi connectivity index (χ3n) is 5.00. The maximum absolute atomic E-state index is 12.4. The van der Waals surface area contributed by atoms with Gasteiger partial charge in [-0.15, -0.1) is 0 Å². The predicted molar refractivity (Wildman–Crippen MR) is 116 cm³/mol. The zero-order chi connectivity index (χ0) is 20.8. The van der Waals surface area contributed by atoms with Gasteiger partial charge in [0.25, 0.3) is 5.91 Å². The first-order chi connectivity index (χ1) is 14.0. The van der Waals surface area contributed by atoms with Crippen LogP contribution in [0.4, 0.5) is 11.4 Å². The lowest BCUT2D eigenvalue weighted by Crippen LogP contribution is -2.49. The van der Waals surface area contributed by atoms with Gasteiger partial charge in [0.15, 0.2) is 0 Å². The Labute approximate surface area is 172 Å². The van der Waals surface area contributed by atoms with Crippen LogP contribution in [0.2, 0.25) is 0 Å². The van der Waals surface area contributed by atoms with E-state index in [2.05, 4.69) is 10.2 Å². The molecule has 1 aliphatic rings. The molecule has 1 fully saturated rings. The summed E-state index contributed by atoms with van der Waals surface area (Å²) >= 11 is 0. The van der Waals surface area contributed by atoms with Gasteiger partial charge in [-0.2, -0.15) is 0 Å². The largest absolute Gasteiger partial charge is 0.494 e. The number of hydrogen-bond donors (Lipinski definition) is 1. The minimum atomic E-state index is -0.151. The number of piperazine rings is 1. The number of benzene rings is 2. The number of hydrogen-bond acceptors (Lipinski definition) is 4. The molecule has 0 aliphatic carbocycles. The van der Waals surface area contributed by atoms with Crippen molar-refractivity contribution in [1.29, 1.82) is 0 Å². The summed E-state index contributed by atoms with van der Waals surface area (Å²) in [6, 6.07) is 14.9. The third-order valence-corrected chi connectivity index (χ3v) is 5.00. The van der Waals surface area contributed by atoms with Crippen LogP contribution in [0.25, 0.3) is 0 Å². The van der Waals surface area contributed by atoms with Crippen molar-refractivity contribution in [1.82, 2.24) is 4.90 Å². The minimum absolute atomic E-state index is 0.0415. The second kappa shape index (κ2) is 9.45. The van der Waals surface area contributed by atoms with E-state index < -0.39 is 0 Å². The van der Waals surface area contributed by atoms with Crippen LogP contribution in [0.15, 0.2) is 48.5 Å². The second-order valence-corrected chi connectivity index (χ2v) is 7.43. The van der Waals surface area contributed by atoms with Gasteiger partial charge >= 0.3 is 0 Å². The van der Waals surface area contributed by atoms with E-state index in [4.69, 9.17) is 4.74 Å². The summed E-state index contributed by atoms with van der Waals surface area (Å²) in [5.41, 5.74) is 2.44. The van der Waals surface area contributed by atoms with Crippen molar-refractivity contribution in [2.24, 2.45) is 5.92 Å². The molecule has 0 aromatic heterocycles. The van der Waals surface area contributed by atoms with Gasteiger partial charge in [-0.1, -0.05) is 13.8 Å². The Balaban J connectivity index is 1.55. The lowest BCUT2D eigenvalue weighted by Gasteiger charge is -2.37. The Bertz CT molecular complexity index is 823. The molecule has 1 heterocycles. The molecule has 0 spiro atoms. The molecular weight excluding hydrogens is 366 g/mol. The smallest absolute Gasteiger partial charge is 0.255 e. The van der Waals surface area contributed by atoms with Crippen molar-refractivity contribution in [2.45, 2.75) is 20.8 Å². The monoisotopic (exact) mass is 395 g/mol. The lowest BCUT2D eigenvalue weighted by atomic mass is 10.1. The van der Waals surface area contributed by atoms with Crippen LogP contribution in [-0.4, -0.2) is 49.5 Å². The van der Waals surface area contributed by atoms with E-state index in [0.29, 0.717) is 12.2 Å². The Hall–Kier alpha value is -3.02. The molecule has 0 bridgehead atoms. The van der Waals surface area contributed by atoms with Gasteiger partial charge in [0.2, 0.25) is 5.91 Å². The van der Waals surface area contributed by atoms with E-state index in [1.807, 2.05) is 49.9 Å². The van der Waals surface area contributed by atoms with Crippen LogP contribution in [0.3, 0.4) is 0 Å². The molecule has 2 aromatic carbocycles. The van der Waals surface area contributed by atoms with Crippen molar-refractivity contribution in [3.05, 3.63) is 54.1 Å². The van der Waals surface area contributed by atoms with Gasteiger partial charge in [0.1, 0.15) is 5.75 Å². The third kappa shape index (κ3) is 5.28. The summed E-state index contributed by atoms with van der Waals surface area (Å²) in [4.78, 5) is 28.7. The topological polar surface area (TPSA) is 61.9 Å². The number of amides is 2. The van der Waals surface area contributed by atoms with Crippen LogP contribution >= 0.6 is 0 Å². The van der Waals surface area contributed by atoms with Gasteiger partial charge in [0.05, 0.1) is 6.61 Å². The Morgan fingerprint density at radius 1 is 0.966 bits per heavy atom. The van der Waals surface area contributed by atoms with Crippen molar-refractivity contribution >= 4 is 23.2 Å². The van der Waals surface area contributed by atoms with E-state index in [1.54, 1.807) is 24.3 Å². The van der Waals surface area contributed by atoms with E-state index >= 15 is 0 Å². The second-order valence-electron chi connectivity index (χ2n) is 7.43. The highest BCUT2D eigenvalue weighted by Crippen LogP contribution is 2.21. The molecule has 6 heteroatoms. The zero-order valence-electron chi connectivity index (χ0n) is 17.4. The molecule has 0 radical (unpaired) electrons. The normalized spacial score (nSPS) is 14.1. The molecule has 0 atom stereocenters. The number of ether oxygens (including phenoxy) is 1. The van der Waals surface area contributed by atoms with Gasteiger partial charge in [-0.3, -0.25) is 9.59 Å². The Morgan fingerprint density at radius 3 is 2.14 bits per heavy atom. The fraction of sp³-hybridized carbons (Fsp3) is 0.391. The molecule has 0 saturated carbocycles. The lowest BCUT2D eigenvalue weighted by molar-refractivity contribution is -0.134. The van der Waals surface area contributed by atoms with Crippen molar-refractivity contribution in [2.75, 3.05) is 43.0 Å². The Morgan fingerprint density at radius 2 is 1.59 bits per heavy atom. The zero-order valence-corrected chi connectivity index (χ0v) is 17.4. The molecule has 1 saturated heterocycles. The first kappa shape index (κ1) is 20.7. The highest BCUT2D eigenvalue weighted by Gasteiger charge is 2.22. The van der Waals surface area contributed by atoms with Crippen LogP contribution in [0, 0.1) is 5.92 Å². The highest BCUT2D eigenvalue weighted by atomic mass is 16.5. The molecule has 1 aliphatic heterocycles. The Kier molecular flexibility index (Phi) is 6.75. The minimum Gasteiger partial charge on any atom is -0.494 e. The maximum Gasteiger partial charge on any atom is 0.255 e. The van der Waals surface area contributed by atoms with E-state index in [1.165, 1.54) is 0 Å². The highest BCUT2D eigenvalue weighted by molar-refractivity contribution is 6.04. The molecule has 2 aromatic rings. The molecular formula is C23H29N3O3. The summed E-state index contributed by atoms with van der Waals surface area (Å²) in [7, 11) is 0. The first-order valence-electron chi connectivity index (χ1n) is 10.2. The van der Waals surface area contributed by atoms with Gasteiger partial charge in [0, 0.05) is 49.0 Å². The fourth-order valence-electron chi connectivity index (χ4n) is 3.38. The number of carbonyl (C=O) groups is 2. The van der Waals surface area contributed by atoms with Crippen molar-refractivity contribution in [3.63, 3.8) is 0 Å². The predicted octanol–water partition coefficient (Wildman–Crippen LogP) is 3.64. The SMILES string of the molecule is CCOc1ccc(C(=O)Nc2ccc(N3CCN(C(=O)C(C)C)CC3)cc2)cc1. The fourth-order valence-corrected chi connectivity index (χ4v) is 3.38. The molecule has 154 valence electrons. The maximum atomic E-state index is 12.4. The summed E-state index contributed by atoms with van der Waals surface area (Å²) in [6.07, 6.45) is 0. The number of anilines is 2. The van der Waals surface area contributed by atoms with Crippen LogP contribution in [0.1, 0.15) is 31.1 Å². The summed E-state index contributed by atoms with van der Waals surface area (Å²) in [5, 5.41) is 2.92. The van der Waals surface area contributed by atoms with Gasteiger partial charge in [-0.25, -0.2) is 0 Å². The number of rotatable bonds is 6. The summed E-state index contributed by atoms with van der Waals surface area (Å²) in [6.45, 7) is 9.52. The molecule has 0 unspecified atom stereocenters. The van der Waals surface area contributed by atoms with Gasteiger partial charge < -0.3 is 19.9 Å². The van der Waals surface area contributed by atoms with Crippen molar-refractivity contribution in [3.8, 4) is 5.75 Å². The molecule has 29 heavy (non-hydrogen) atoms. The number of nitrogens with zero attached hydrogens (tertiary/aromatic N) is 2. The van der Waals surface area contributed by atoms with E-state index in [-0.39, 0.29) is 17.7 Å². The average Bonchev–Trinajstić information content (AvgIpc) is 2.74. The molecule has 1 N–H and O–H groups in total. The van der Waals surface area contributed by atoms with Crippen LogP contribution in [-0.2, 0) is 4.79 Å². The van der Waals surface area contributed by atoms with E-state index in [9.17, 15) is 9.59 Å². The average molecular weight is 396 g/mol. The number of carbonyl (C=O) groups excluding carboxylic acids is 2. The molecule has 3 rings (SSSR count). The van der Waals surface area contributed by atoms with Gasteiger partial charge in [-0.05, 0) is 55.5 Å². The van der Waals surface area contributed by atoms with Crippen LogP contribution in [0.5, 0.6) is 5.75 Å². The molecule has 6 nitrogen and oxygen atoms in total. The summed E-state index contributed by atoms with van der Waals surface area (Å²) in [5.74, 6) is 0.863. The van der Waals surface area contributed by atoms with E-state index in [0.717, 1.165) is 43.3 Å². The molecule has 2 amide bonds. The van der Waals surface area contributed by atoms with Crippen LogP contribution < -0.4 is 15.0 Å². The number of nitrogens with one attached hydrogen (secondary N) is 1. The quantitative estimate of drug-likeness (QED) is 0.811. The summed E-state index contributed by atoms with van der Waals surface area (Å²) < 4.78 is 5.40. The standard InChI is InChI=1S/C23H29N3O3/c1-4-29-21-11-5-18(6-12-21)22(27)24-19-7-9-20(10-8-19)25-13-15-26(16-14-25)23(28)17(2)3/h5-12,17H,4,13-16H2,1-3H3,(H,24,27). The van der Waals surface area contributed by atoms with Crippen molar-refractivity contribution < 1.29 is 14.3 Å². The first-order valence-corrected chi connectivity index (χ1v) is 10.2.